The molecule has 1 heterocycles. The molecular formula is C21H26N2O4S. The van der Waals surface area contributed by atoms with Gasteiger partial charge in [0.2, 0.25) is 5.91 Å². The Morgan fingerprint density at radius 2 is 1.71 bits per heavy atom. The molecule has 6 nitrogen and oxygen atoms in total. The number of thiophene rings is 1. The summed E-state index contributed by atoms with van der Waals surface area (Å²) in [7, 11) is 3.11. The van der Waals surface area contributed by atoms with Crippen molar-refractivity contribution in [2.75, 3.05) is 14.2 Å². The zero-order valence-corrected chi connectivity index (χ0v) is 17.1. The summed E-state index contributed by atoms with van der Waals surface area (Å²) in [5.74, 6) is 0.606. The Balaban J connectivity index is 1.56. The number of fused-ring (bicyclic) bond motifs is 1. The lowest BCUT2D eigenvalue weighted by molar-refractivity contribution is -0.121. The van der Waals surface area contributed by atoms with Crippen molar-refractivity contribution in [2.24, 2.45) is 0 Å². The summed E-state index contributed by atoms with van der Waals surface area (Å²) in [5, 5.41) is 0. The van der Waals surface area contributed by atoms with Crippen molar-refractivity contribution < 1.29 is 19.1 Å². The number of nitrogens with one attached hydrogen (secondary N) is 2. The van der Waals surface area contributed by atoms with Crippen LogP contribution in [0.25, 0.3) is 0 Å². The van der Waals surface area contributed by atoms with Crippen LogP contribution < -0.4 is 20.3 Å². The van der Waals surface area contributed by atoms with Crippen LogP contribution in [0.4, 0.5) is 0 Å². The summed E-state index contributed by atoms with van der Waals surface area (Å²) in [6.45, 7) is 0. The Morgan fingerprint density at radius 3 is 2.46 bits per heavy atom. The summed E-state index contributed by atoms with van der Waals surface area (Å²) in [4.78, 5) is 26.6. The van der Waals surface area contributed by atoms with Gasteiger partial charge >= 0.3 is 0 Å². The molecule has 1 aliphatic carbocycles. The largest absolute Gasteiger partial charge is 0.493 e. The second kappa shape index (κ2) is 9.59. The van der Waals surface area contributed by atoms with Gasteiger partial charge in [0.05, 0.1) is 25.5 Å². The van der Waals surface area contributed by atoms with E-state index in [1.54, 1.807) is 32.4 Å². The Morgan fingerprint density at radius 1 is 0.964 bits per heavy atom. The summed E-state index contributed by atoms with van der Waals surface area (Å²) in [6, 6.07) is 7.27. The maximum Gasteiger partial charge on any atom is 0.279 e. The molecule has 3 rings (SSSR count). The van der Waals surface area contributed by atoms with E-state index in [1.165, 1.54) is 47.5 Å². The van der Waals surface area contributed by atoms with E-state index in [4.69, 9.17) is 9.47 Å². The number of carbonyl (C=O) groups is 2. The van der Waals surface area contributed by atoms with Gasteiger partial charge in [0.25, 0.3) is 5.91 Å². The molecule has 2 aromatic rings. The first-order valence-corrected chi connectivity index (χ1v) is 10.3. The molecule has 0 bridgehead atoms. The summed E-state index contributed by atoms with van der Waals surface area (Å²) < 4.78 is 10.4. The fourth-order valence-electron chi connectivity index (χ4n) is 3.36. The minimum atomic E-state index is -0.296. The summed E-state index contributed by atoms with van der Waals surface area (Å²) >= 11 is 1.54. The SMILES string of the molecule is COc1ccc(CC(=O)NNC(=O)c2cc3c(s2)CCCCCC3)cc1OC. The van der Waals surface area contributed by atoms with E-state index >= 15 is 0 Å². The summed E-state index contributed by atoms with van der Waals surface area (Å²) in [6.07, 6.45) is 7.06. The van der Waals surface area contributed by atoms with Gasteiger partial charge in [-0.05, 0) is 55.0 Å². The lowest BCUT2D eigenvalue weighted by atomic mass is 10.00. The van der Waals surface area contributed by atoms with E-state index < -0.39 is 0 Å². The number of carbonyl (C=O) groups excluding carboxylic acids is 2. The van der Waals surface area contributed by atoms with Crippen LogP contribution in [0, 0.1) is 0 Å². The van der Waals surface area contributed by atoms with Crippen molar-refractivity contribution in [3.05, 3.63) is 45.1 Å². The first-order valence-electron chi connectivity index (χ1n) is 9.52. The van der Waals surface area contributed by atoms with Crippen molar-refractivity contribution in [2.45, 2.75) is 44.9 Å². The second-order valence-electron chi connectivity index (χ2n) is 6.84. The number of benzene rings is 1. The van der Waals surface area contributed by atoms with Gasteiger partial charge in [-0.3, -0.25) is 20.4 Å². The highest BCUT2D eigenvalue weighted by molar-refractivity contribution is 7.14. The molecule has 0 atom stereocenters. The third-order valence-electron chi connectivity index (χ3n) is 4.85. The number of rotatable bonds is 5. The molecule has 0 fully saturated rings. The molecule has 2 amide bonds. The minimum absolute atomic E-state index is 0.127. The number of hydrazine groups is 1. The third kappa shape index (κ3) is 5.04. The average Bonchev–Trinajstić information content (AvgIpc) is 3.08. The highest BCUT2D eigenvalue weighted by Crippen LogP contribution is 2.29. The number of ether oxygens (including phenoxy) is 2. The second-order valence-corrected chi connectivity index (χ2v) is 7.98. The highest BCUT2D eigenvalue weighted by atomic mass is 32.1. The highest BCUT2D eigenvalue weighted by Gasteiger charge is 2.16. The first-order chi connectivity index (χ1) is 13.6. The van der Waals surface area contributed by atoms with Crippen LogP contribution in [-0.2, 0) is 24.1 Å². The van der Waals surface area contributed by atoms with Crippen LogP contribution in [0.1, 0.15) is 51.4 Å². The Bertz CT molecular complexity index is 821. The molecule has 1 aromatic carbocycles. The van der Waals surface area contributed by atoms with Crippen molar-refractivity contribution in [3.8, 4) is 11.5 Å². The molecule has 1 aliphatic rings. The van der Waals surface area contributed by atoms with Crippen molar-refractivity contribution >= 4 is 23.2 Å². The molecule has 7 heteroatoms. The number of aryl methyl sites for hydroxylation is 2. The van der Waals surface area contributed by atoms with E-state index in [1.807, 2.05) is 6.07 Å². The molecule has 0 spiro atoms. The van der Waals surface area contributed by atoms with E-state index in [0.29, 0.717) is 16.4 Å². The van der Waals surface area contributed by atoms with Gasteiger partial charge in [-0.1, -0.05) is 18.9 Å². The first kappa shape index (κ1) is 20.2. The Hall–Kier alpha value is -2.54. The molecule has 2 N–H and O–H groups in total. The normalized spacial score (nSPS) is 13.6. The molecule has 0 saturated heterocycles. The molecule has 0 saturated carbocycles. The van der Waals surface area contributed by atoms with Crippen molar-refractivity contribution in [1.82, 2.24) is 10.9 Å². The number of amides is 2. The van der Waals surface area contributed by atoms with Crippen molar-refractivity contribution in [3.63, 3.8) is 0 Å². The molecule has 28 heavy (non-hydrogen) atoms. The van der Waals surface area contributed by atoms with Crippen LogP contribution >= 0.6 is 11.3 Å². The van der Waals surface area contributed by atoms with Crippen LogP contribution in [0.3, 0.4) is 0 Å². The quantitative estimate of drug-likeness (QED) is 0.752. The van der Waals surface area contributed by atoms with Crippen LogP contribution in [-0.4, -0.2) is 26.0 Å². The monoisotopic (exact) mass is 402 g/mol. The fraction of sp³-hybridized carbons (Fsp3) is 0.429. The van der Waals surface area contributed by atoms with E-state index in [9.17, 15) is 9.59 Å². The third-order valence-corrected chi connectivity index (χ3v) is 6.08. The van der Waals surface area contributed by atoms with Gasteiger partial charge in [0.1, 0.15) is 0 Å². The predicted molar refractivity (Wildman–Crippen MR) is 109 cm³/mol. The minimum Gasteiger partial charge on any atom is -0.493 e. The van der Waals surface area contributed by atoms with Crippen LogP contribution in [0.15, 0.2) is 24.3 Å². The van der Waals surface area contributed by atoms with Crippen LogP contribution in [0.2, 0.25) is 0 Å². The lowest BCUT2D eigenvalue weighted by Gasteiger charge is -2.10. The van der Waals surface area contributed by atoms with Crippen LogP contribution in [0.5, 0.6) is 11.5 Å². The number of hydrogen-bond acceptors (Lipinski definition) is 5. The van der Waals surface area contributed by atoms with Gasteiger partial charge in [-0.25, -0.2) is 0 Å². The smallest absolute Gasteiger partial charge is 0.279 e. The fourth-order valence-corrected chi connectivity index (χ4v) is 4.51. The molecule has 150 valence electrons. The zero-order valence-electron chi connectivity index (χ0n) is 16.3. The van der Waals surface area contributed by atoms with Crippen molar-refractivity contribution in [1.29, 1.82) is 0 Å². The van der Waals surface area contributed by atoms with E-state index in [-0.39, 0.29) is 18.2 Å². The van der Waals surface area contributed by atoms with Gasteiger partial charge in [-0.2, -0.15) is 0 Å². The van der Waals surface area contributed by atoms with Gasteiger partial charge in [0, 0.05) is 4.88 Å². The average molecular weight is 403 g/mol. The van der Waals surface area contributed by atoms with E-state index in [2.05, 4.69) is 10.9 Å². The molecule has 1 aromatic heterocycles. The van der Waals surface area contributed by atoms with Gasteiger partial charge in [-0.15, -0.1) is 11.3 Å². The Kier molecular flexibility index (Phi) is 6.92. The zero-order chi connectivity index (χ0) is 19.9. The lowest BCUT2D eigenvalue weighted by Crippen LogP contribution is -2.42. The van der Waals surface area contributed by atoms with Gasteiger partial charge < -0.3 is 9.47 Å². The summed E-state index contributed by atoms with van der Waals surface area (Å²) in [5.41, 5.74) is 7.07. The predicted octanol–water partition coefficient (Wildman–Crippen LogP) is 3.43. The Labute approximate surface area is 169 Å². The maximum absolute atomic E-state index is 12.4. The van der Waals surface area contributed by atoms with Gasteiger partial charge in [0.15, 0.2) is 11.5 Å². The maximum atomic E-state index is 12.4. The van der Waals surface area contributed by atoms with E-state index in [0.717, 1.165) is 18.4 Å². The standard InChI is InChI=1S/C21H26N2O4S/c1-26-16-10-9-14(11-17(16)27-2)12-20(24)22-23-21(25)19-13-15-7-5-3-4-6-8-18(15)28-19/h9-11,13H,3-8,12H2,1-2H3,(H,22,24)(H,23,25). The number of hydrogen-bond donors (Lipinski definition) is 2. The molecule has 0 radical (unpaired) electrons. The molecule has 0 unspecified atom stereocenters. The number of methoxy groups -OCH3 is 2. The topological polar surface area (TPSA) is 76.7 Å². The molecular weight excluding hydrogens is 376 g/mol. The molecule has 0 aliphatic heterocycles.